The topological polar surface area (TPSA) is 55.4 Å². The zero-order valence-corrected chi connectivity index (χ0v) is 23.6. The standard InChI is InChI=1S/C36H31NO3S/c1-29-22-24-34(25-23-29)41(38,39)37-28-35(31-16-8-3-9-17-31)40-36(32-18-10-4-11-19-32,33-20-12-5-13-21-33)27-26-30-14-6-2-7-15-30/h2-25,35,37H,28H2,1H3/t35-/m0/s1. The molecule has 0 heterocycles. The Labute approximate surface area is 242 Å². The van der Waals surface area contributed by atoms with Gasteiger partial charge in [0, 0.05) is 23.2 Å². The van der Waals surface area contributed by atoms with E-state index in [1.54, 1.807) is 24.3 Å². The molecule has 0 aromatic heterocycles. The lowest BCUT2D eigenvalue weighted by Gasteiger charge is -2.34. The maximum Gasteiger partial charge on any atom is 0.240 e. The molecule has 1 atom stereocenters. The van der Waals surface area contributed by atoms with Crippen molar-refractivity contribution in [1.29, 1.82) is 0 Å². The summed E-state index contributed by atoms with van der Waals surface area (Å²) in [7, 11) is -3.79. The predicted molar refractivity (Wildman–Crippen MR) is 164 cm³/mol. The predicted octanol–water partition coefficient (Wildman–Crippen LogP) is 7.03. The Morgan fingerprint density at radius 2 is 1.17 bits per heavy atom. The van der Waals surface area contributed by atoms with Crippen molar-refractivity contribution in [1.82, 2.24) is 4.72 Å². The number of ether oxygens (including phenoxy) is 1. The molecule has 0 aliphatic heterocycles. The Morgan fingerprint density at radius 1 is 0.683 bits per heavy atom. The Morgan fingerprint density at radius 3 is 1.71 bits per heavy atom. The molecule has 41 heavy (non-hydrogen) atoms. The summed E-state index contributed by atoms with van der Waals surface area (Å²) in [5, 5.41) is 0. The summed E-state index contributed by atoms with van der Waals surface area (Å²) in [6.07, 6.45) is -0.665. The quantitative estimate of drug-likeness (QED) is 0.198. The van der Waals surface area contributed by atoms with Gasteiger partial charge in [0.1, 0.15) is 0 Å². The fraction of sp³-hybridized carbons (Fsp3) is 0.111. The van der Waals surface area contributed by atoms with E-state index >= 15 is 0 Å². The molecular formula is C36H31NO3S. The first-order chi connectivity index (χ1) is 20.0. The van der Waals surface area contributed by atoms with Gasteiger partial charge in [-0.2, -0.15) is 0 Å². The smallest absolute Gasteiger partial charge is 0.240 e. The molecule has 5 aromatic rings. The average Bonchev–Trinajstić information content (AvgIpc) is 3.03. The van der Waals surface area contributed by atoms with Crippen molar-refractivity contribution in [2.75, 3.05) is 6.54 Å². The Balaban J connectivity index is 1.61. The highest BCUT2D eigenvalue weighted by atomic mass is 32.2. The Hall–Kier alpha value is -4.47. The van der Waals surface area contributed by atoms with E-state index < -0.39 is 21.7 Å². The number of benzene rings is 5. The van der Waals surface area contributed by atoms with Crippen LogP contribution >= 0.6 is 0 Å². The van der Waals surface area contributed by atoms with Crippen molar-refractivity contribution in [2.24, 2.45) is 0 Å². The summed E-state index contributed by atoms with van der Waals surface area (Å²) in [6, 6.07) is 45.9. The number of hydrogen-bond donors (Lipinski definition) is 1. The molecule has 5 heteroatoms. The summed E-state index contributed by atoms with van der Waals surface area (Å²) < 4.78 is 36.5. The monoisotopic (exact) mass is 557 g/mol. The molecule has 0 amide bonds. The van der Waals surface area contributed by atoms with E-state index in [0.29, 0.717) is 0 Å². The summed E-state index contributed by atoms with van der Waals surface area (Å²) in [5.41, 5.74) is 3.16. The van der Waals surface area contributed by atoms with Crippen LogP contribution in [0.25, 0.3) is 0 Å². The minimum absolute atomic E-state index is 0.00859. The Kier molecular flexibility index (Phi) is 8.76. The molecule has 5 rings (SSSR count). The van der Waals surface area contributed by atoms with Gasteiger partial charge >= 0.3 is 0 Å². The first-order valence-corrected chi connectivity index (χ1v) is 14.9. The van der Waals surface area contributed by atoms with E-state index in [9.17, 15) is 8.42 Å². The van der Waals surface area contributed by atoms with Crippen molar-refractivity contribution >= 4 is 10.0 Å². The van der Waals surface area contributed by atoms with Crippen LogP contribution in [0.3, 0.4) is 0 Å². The summed E-state index contributed by atoms with van der Waals surface area (Å²) in [4.78, 5) is 0.205. The summed E-state index contributed by atoms with van der Waals surface area (Å²) in [6.45, 7) is 1.93. The van der Waals surface area contributed by atoms with Gasteiger partial charge in [0.05, 0.1) is 11.0 Å². The molecule has 0 aliphatic carbocycles. The lowest BCUT2D eigenvalue weighted by Crippen LogP contribution is -2.36. The van der Waals surface area contributed by atoms with E-state index in [1.165, 1.54) is 0 Å². The van der Waals surface area contributed by atoms with Crippen LogP contribution in [-0.4, -0.2) is 15.0 Å². The number of sulfonamides is 1. The van der Waals surface area contributed by atoms with Crippen LogP contribution in [-0.2, 0) is 20.4 Å². The maximum absolute atomic E-state index is 13.3. The zero-order chi connectivity index (χ0) is 28.5. The molecule has 1 N–H and O–H groups in total. The van der Waals surface area contributed by atoms with Gasteiger partial charge in [-0.25, -0.2) is 13.1 Å². The van der Waals surface area contributed by atoms with Crippen molar-refractivity contribution in [3.05, 3.63) is 173 Å². The van der Waals surface area contributed by atoms with E-state index in [1.807, 2.05) is 128 Å². The van der Waals surface area contributed by atoms with Gasteiger partial charge in [-0.1, -0.05) is 139 Å². The molecule has 0 saturated heterocycles. The normalized spacial score (nSPS) is 12.2. The van der Waals surface area contributed by atoms with Crippen molar-refractivity contribution in [3.63, 3.8) is 0 Å². The van der Waals surface area contributed by atoms with Gasteiger partial charge in [-0.3, -0.25) is 0 Å². The second-order valence-electron chi connectivity index (χ2n) is 9.71. The maximum atomic E-state index is 13.3. The van der Waals surface area contributed by atoms with Gasteiger partial charge in [0.15, 0.2) is 5.60 Å². The third kappa shape index (κ3) is 6.82. The van der Waals surface area contributed by atoms with Crippen LogP contribution in [0.5, 0.6) is 0 Å². The van der Waals surface area contributed by atoms with Gasteiger partial charge < -0.3 is 4.74 Å². The molecule has 0 bridgehead atoms. The highest BCUT2D eigenvalue weighted by Gasteiger charge is 2.37. The molecule has 204 valence electrons. The van der Waals surface area contributed by atoms with E-state index in [4.69, 9.17) is 4.74 Å². The molecule has 4 nitrogen and oxygen atoms in total. The number of rotatable bonds is 9. The largest absolute Gasteiger partial charge is 0.345 e. The highest BCUT2D eigenvalue weighted by molar-refractivity contribution is 7.89. The minimum atomic E-state index is -3.79. The van der Waals surface area contributed by atoms with Crippen molar-refractivity contribution in [3.8, 4) is 11.8 Å². The average molecular weight is 558 g/mol. The molecule has 0 fully saturated rings. The first-order valence-electron chi connectivity index (χ1n) is 13.4. The third-order valence-corrected chi connectivity index (χ3v) is 8.24. The van der Waals surface area contributed by atoms with Crippen LogP contribution in [0.1, 0.15) is 33.9 Å². The lowest BCUT2D eigenvalue weighted by atomic mass is 9.85. The van der Waals surface area contributed by atoms with Gasteiger partial charge in [-0.15, -0.1) is 0 Å². The van der Waals surface area contributed by atoms with Gasteiger partial charge in [0.2, 0.25) is 10.0 Å². The van der Waals surface area contributed by atoms with E-state index in [-0.39, 0.29) is 11.4 Å². The van der Waals surface area contributed by atoms with Crippen LogP contribution < -0.4 is 4.72 Å². The number of hydrogen-bond acceptors (Lipinski definition) is 3. The Bertz CT molecular complexity index is 1670. The van der Waals surface area contributed by atoms with Crippen molar-refractivity contribution < 1.29 is 13.2 Å². The molecule has 5 aromatic carbocycles. The minimum Gasteiger partial charge on any atom is -0.345 e. The summed E-state index contributed by atoms with van der Waals surface area (Å²) >= 11 is 0. The molecule has 0 unspecified atom stereocenters. The second-order valence-corrected chi connectivity index (χ2v) is 11.5. The van der Waals surface area contributed by atoms with Gasteiger partial charge in [0.25, 0.3) is 0 Å². The fourth-order valence-corrected chi connectivity index (χ4v) is 5.63. The zero-order valence-electron chi connectivity index (χ0n) is 22.8. The van der Waals surface area contributed by atoms with Gasteiger partial charge in [-0.05, 0) is 36.8 Å². The van der Waals surface area contributed by atoms with E-state index in [0.717, 1.165) is 27.8 Å². The highest BCUT2D eigenvalue weighted by Crippen LogP contribution is 2.38. The number of nitrogens with one attached hydrogen (secondary N) is 1. The molecular weight excluding hydrogens is 526 g/mol. The number of aryl methyl sites for hydroxylation is 1. The molecule has 0 aliphatic rings. The lowest BCUT2D eigenvalue weighted by molar-refractivity contribution is -0.0353. The van der Waals surface area contributed by atoms with Crippen LogP contribution in [0.2, 0.25) is 0 Å². The van der Waals surface area contributed by atoms with E-state index in [2.05, 4.69) is 16.6 Å². The third-order valence-electron chi connectivity index (χ3n) is 6.80. The van der Waals surface area contributed by atoms with Crippen molar-refractivity contribution in [2.45, 2.75) is 23.5 Å². The molecule has 0 radical (unpaired) electrons. The molecule has 0 saturated carbocycles. The van der Waals surface area contributed by atoms with Crippen LogP contribution in [0, 0.1) is 18.8 Å². The summed E-state index contributed by atoms with van der Waals surface area (Å²) in [5.74, 6) is 6.80. The fourth-order valence-electron chi connectivity index (χ4n) is 4.60. The van der Waals surface area contributed by atoms with Crippen LogP contribution in [0.4, 0.5) is 0 Å². The van der Waals surface area contributed by atoms with Crippen LogP contribution in [0.15, 0.2) is 150 Å². The SMILES string of the molecule is Cc1ccc(S(=O)(=O)NC[C@H](OC(C#Cc2ccccc2)(c2ccccc2)c2ccccc2)c2ccccc2)cc1. The second kappa shape index (κ2) is 12.8. The first kappa shape index (κ1) is 28.1. The molecule has 0 spiro atoms.